The molecule has 1 aromatic rings. The molecule has 4 nitrogen and oxygen atoms in total. The van der Waals surface area contributed by atoms with Crippen LogP contribution in [-0.4, -0.2) is 37.2 Å². The average molecular weight is 274 g/mol. The summed E-state index contributed by atoms with van der Waals surface area (Å²) in [6, 6.07) is 8.98. The molecule has 0 heterocycles. The first-order chi connectivity index (χ1) is 9.66. The quantitative estimate of drug-likeness (QED) is 0.626. The normalized spacial score (nSPS) is 21.1. The minimum atomic E-state index is -0.382. The molecule has 0 aliphatic heterocycles. The lowest BCUT2D eigenvalue weighted by molar-refractivity contribution is 0.0511. The van der Waals surface area contributed by atoms with Crippen LogP contribution in [0.5, 0.6) is 0 Å². The minimum absolute atomic E-state index is 0.382. The molecule has 1 aromatic carbocycles. The largest absolute Gasteiger partial charge is 0.365 e. The third-order valence-electron chi connectivity index (χ3n) is 3.55. The molecule has 1 unspecified atom stereocenters. The number of benzene rings is 1. The topological polar surface area (TPSA) is 41.9 Å². The molecule has 20 heavy (non-hydrogen) atoms. The van der Waals surface area contributed by atoms with Crippen molar-refractivity contribution in [3.05, 3.63) is 35.9 Å². The molecule has 0 spiro atoms. The van der Waals surface area contributed by atoms with Crippen molar-refractivity contribution in [1.82, 2.24) is 4.90 Å². The van der Waals surface area contributed by atoms with E-state index in [1.807, 2.05) is 18.2 Å². The van der Waals surface area contributed by atoms with Crippen molar-refractivity contribution in [2.45, 2.75) is 25.7 Å². The Morgan fingerprint density at radius 3 is 2.75 bits per heavy atom. The molecule has 108 valence electrons. The Bertz CT molecular complexity index is 469. The third kappa shape index (κ3) is 4.17. The SMILES string of the molecule is CN(C)CC1CCCC/C1=N/OC(=O)c1ccccc1. The van der Waals surface area contributed by atoms with Gasteiger partial charge >= 0.3 is 5.97 Å². The predicted octanol–water partition coefficient (Wildman–Crippen LogP) is 2.95. The summed E-state index contributed by atoms with van der Waals surface area (Å²) in [6.45, 7) is 0.960. The molecular weight excluding hydrogens is 252 g/mol. The number of carbonyl (C=O) groups excluding carboxylic acids is 1. The van der Waals surface area contributed by atoms with E-state index in [-0.39, 0.29) is 5.97 Å². The van der Waals surface area contributed by atoms with Crippen molar-refractivity contribution in [1.29, 1.82) is 0 Å². The van der Waals surface area contributed by atoms with Crippen LogP contribution < -0.4 is 0 Å². The second-order valence-corrected chi connectivity index (χ2v) is 5.53. The first-order valence-electron chi connectivity index (χ1n) is 7.14. The fourth-order valence-electron chi connectivity index (χ4n) is 2.55. The van der Waals surface area contributed by atoms with Gasteiger partial charge in [0.05, 0.1) is 11.3 Å². The van der Waals surface area contributed by atoms with Crippen molar-refractivity contribution in [2.24, 2.45) is 11.1 Å². The molecule has 4 heteroatoms. The predicted molar refractivity (Wildman–Crippen MR) is 79.8 cm³/mol. The summed E-state index contributed by atoms with van der Waals surface area (Å²) in [4.78, 5) is 19.1. The van der Waals surface area contributed by atoms with Crippen molar-refractivity contribution < 1.29 is 9.63 Å². The number of carbonyl (C=O) groups is 1. The van der Waals surface area contributed by atoms with Gasteiger partial charge in [-0.1, -0.05) is 29.8 Å². The fraction of sp³-hybridized carbons (Fsp3) is 0.500. The van der Waals surface area contributed by atoms with Crippen LogP contribution in [0.2, 0.25) is 0 Å². The maximum absolute atomic E-state index is 11.9. The van der Waals surface area contributed by atoms with Gasteiger partial charge in [0, 0.05) is 12.5 Å². The van der Waals surface area contributed by atoms with Gasteiger partial charge < -0.3 is 9.74 Å². The van der Waals surface area contributed by atoms with Crippen LogP contribution in [0.25, 0.3) is 0 Å². The molecule has 0 aromatic heterocycles. The van der Waals surface area contributed by atoms with Gasteiger partial charge in [0.15, 0.2) is 0 Å². The Hall–Kier alpha value is -1.68. The van der Waals surface area contributed by atoms with E-state index in [0.717, 1.165) is 31.5 Å². The maximum atomic E-state index is 11.9. The second kappa shape index (κ2) is 7.20. The van der Waals surface area contributed by atoms with E-state index in [1.165, 1.54) is 6.42 Å². The van der Waals surface area contributed by atoms with Crippen LogP contribution in [0.3, 0.4) is 0 Å². The van der Waals surface area contributed by atoms with Crippen LogP contribution in [0, 0.1) is 5.92 Å². The van der Waals surface area contributed by atoms with Gasteiger partial charge in [-0.15, -0.1) is 0 Å². The van der Waals surface area contributed by atoms with Crippen LogP contribution in [-0.2, 0) is 4.84 Å². The van der Waals surface area contributed by atoms with Gasteiger partial charge in [-0.2, -0.15) is 0 Å². The van der Waals surface area contributed by atoms with E-state index >= 15 is 0 Å². The molecule has 0 saturated heterocycles. The number of hydrogen-bond acceptors (Lipinski definition) is 4. The average Bonchev–Trinajstić information content (AvgIpc) is 2.46. The molecule has 0 bridgehead atoms. The lowest BCUT2D eigenvalue weighted by Crippen LogP contribution is -2.30. The first-order valence-corrected chi connectivity index (χ1v) is 7.14. The van der Waals surface area contributed by atoms with E-state index in [2.05, 4.69) is 24.2 Å². The Labute approximate surface area is 120 Å². The van der Waals surface area contributed by atoms with E-state index < -0.39 is 0 Å². The zero-order chi connectivity index (χ0) is 14.4. The fourth-order valence-corrected chi connectivity index (χ4v) is 2.55. The first kappa shape index (κ1) is 14.7. The molecule has 1 fully saturated rings. The van der Waals surface area contributed by atoms with Crippen molar-refractivity contribution in [2.75, 3.05) is 20.6 Å². The summed E-state index contributed by atoms with van der Waals surface area (Å²) in [5, 5.41) is 4.13. The van der Waals surface area contributed by atoms with E-state index in [1.54, 1.807) is 12.1 Å². The number of rotatable bonds is 4. The van der Waals surface area contributed by atoms with Crippen LogP contribution in [0.4, 0.5) is 0 Å². The highest BCUT2D eigenvalue weighted by atomic mass is 16.7. The Morgan fingerprint density at radius 1 is 1.30 bits per heavy atom. The lowest BCUT2D eigenvalue weighted by atomic mass is 9.87. The molecule has 2 rings (SSSR count). The van der Waals surface area contributed by atoms with Crippen molar-refractivity contribution in [3.63, 3.8) is 0 Å². The van der Waals surface area contributed by atoms with Gasteiger partial charge in [0.25, 0.3) is 0 Å². The van der Waals surface area contributed by atoms with E-state index in [4.69, 9.17) is 4.84 Å². The summed E-state index contributed by atoms with van der Waals surface area (Å²) in [6.07, 6.45) is 4.41. The summed E-state index contributed by atoms with van der Waals surface area (Å²) in [5.41, 5.74) is 1.56. The van der Waals surface area contributed by atoms with Gasteiger partial charge in [-0.3, -0.25) is 0 Å². The highest BCUT2D eigenvalue weighted by Crippen LogP contribution is 2.22. The highest BCUT2D eigenvalue weighted by molar-refractivity contribution is 5.91. The van der Waals surface area contributed by atoms with Gasteiger partial charge in [0.2, 0.25) is 0 Å². The van der Waals surface area contributed by atoms with Gasteiger partial charge in [0.1, 0.15) is 0 Å². The standard InChI is InChI=1S/C16H22N2O2/c1-18(2)12-14-10-6-7-11-15(14)17-20-16(19)13-8-4-3-5-9-13/h3-5,8-9,14H,6-7,10-12H2,1-2H3/b17-15-. The maximum Gasteiger partial charge on any atom is 0.365 e. The molecule has 1 atom stereocenters. The van der Waals surface area contributed by atoms with Crippen LogP contribution in [0.15, 0.2) is 35.5 Å². The molecular formula is C16H22N2O2. The molecule has 1 saturated carbocycles. The van der Waals surface area contributed by atoms with Crippen LogP contribution in [0.1, 0.15) is 36.0 Å². The number of oxime groups is 1. The third-order valence-corrected chi connectivity index (χ3v) is 3.55. The van der Waals surface area contributed by atoms with Gasteiger partial charge in [-0.05, 0) is 45.5 Å². The molecule has 1 aliphatic rings. The van der Waals surface area contributed by atoms with Crippen molar-refractivity contribution >= 4 is 11.7 Å². The highest BCUT2D eigenvalue weighted by Gasteiger charge is 2.22. The van der Waals surface area contributed by atoms with Crippen LogP contribution >= 0.6 is 0 Å². The smallest absolute Gasteiger partial charge is 0.313 e. The summed E-state index contributed by atoms with van der Waals surface area (Å²) >= 11 is 0. The molecule has 1 aliphatic carbocycles. The second-order valence-electron chi connectivity index (χ2n) is 5.53. The lowest BCUT2D eigenvalue weighted by Gasteiger charge is -2.25. The Kier molecular flexibility index (Phi) is 5.30. The van der Waals surface area contributed by atoms with Gasteiger partial charge in [-0.25, -0.2) is 4.79 Å². The molecule has 0 amide bonds. The summed E-state index contributed by atoms with van der Waals surface area (Å²) < 4.78 is 0. The Balaban J connectivity index is 1.99. The zero-order valence-electron chi connectivity index (χ0n) is 12.2. The van der Waals surface area contributed by atoms with E-state index in [0.29, 0.717) is 11.5 Å². The summed E-state index contributed by atoms with van der Waals surface area (Å²) in [5.74, 6) is 0.0228. The monoisotopic (exact) mass is 274 g/mol. The van der Waals surface area contributed by atoms with Crippen molar-refractivity contribution in [3.8, 4) is 0 Å². The minimum Gasteiger partial charge on any atom is -0.313 e. The summed E-state index contributed by atoms with van der Waals surface area (Å²) in [7, 11) is 4.12. The molecule has 0 radical (unpaired) electrons. The number of nitrogens with zero attached hydrogens (tertiary/aromatic N) is 2. The number of hydrogen-bond donors (Lipinski definition) is 0. The molecule has 0 N–H and O–H groups in total. The van der Waals surface area contributed by atoms with E-state index in [9.17, 15) is 4.79 Å². The Morgan fingerprint density at radius 2 is 2.05 bits per heavy atom. The zero-order valence-corrected chi connectivity index (χ0v) is 12.2.